The van der Waals surface area contributed by atoms with Crippen LogP contribution in [0.5, 0.6) is 0 Å². The van der Waals surface area contributed by atoms with Gasteiger partial charge < -0.3 is 4.90 Å². The van der Waals surface area contributed by atoms with Gasteiger partial charge in [0.2, 0.25) is 0 Å². The van der Waals surface area contributed by atoms with E-state index >= 15 is 0 Å². The Hall–Kier alpha value is 0.690. The minimum Gasteiger partial charge on any atom is -0.309 e. The highest BCUT2D eigenvalue weighted by atomic mass is 127. The Morgan fingerprint density at radius 2 is 1.80 bits per heavy atom. The average Bonchev–Trinajstić information content (AvgIpc) is 1.58. The molecule has 0 aliphatic heterocycles. The van der Waals surface area contributed by atoms with Crippen molar-refractivity contribution in [3.05, 3.63) is 0 Å². The van der Waals surface area contributed by atoms with E-state index in [0.29, 0.717) is 0 Å². The molecule has 2 heteroatoms. The maximum atomic E-state index is 2.49. The zero-order chi connectivity index (χ0) is 8.15. The Morgan fingerprint density at radius 3 is 2.10 bits per heavy atom. The summed E-state index contributed by atoms with van der Waals surface area (Å²) in [7, 11) is 4.27. The van der Waals surface area contributed by atoms with Gasteiger partial charge in [-0.05, 0) is 26.4 Å². The number of hydrogen-bond acceptors (Lipinski definition) is 1. The van der Waals surface area contributed by atoms with Crippen molar-refractivity contribution in [2.45, 2.75) is 24.2 Å². The second-order valence-electron chi connectivity index (χ2n) is 3.38. The van der Waals surface area contributed by atoms with Crippen LogP contribution in [0.3, 0.4) is 0 Å². The van der Waals surface area contributed by atoms with Crippen LogP contribution in [0.4, 0.5) is 0 Å². The Morgan fingerprint density at radius 1 is 1.30 bits per heavy atom. The molecule has 0 aliphatic carbocycles. The minimum absolute atomic E-state index is 0.813. The minimum atomic E-state index is 0.813. The molecule has 0 saturated carbocycles. The Labute approximate surface area is 78.3 Å². The molecule has 0 radical (unpaired) electrons. The van der Waals surface area contributed by atoms with Gasteiger partial charge in [0, 0.05) is 10.5 Å². The highest BCUT2D eigenvalue weighted by Crippen LogP contribution is 2.12. The lowest BCUT2D eigenvalue weighted by Gasteiger charge is -2.17. The Balaban J connectivity index is 3.34. The SMILES string of the molecule is CC(I)CC(C)CN(C)C. The fraction of sp³-hybridized carbons (Fsp3) is 1.00. The van der Waals surface area contributed by atoms with E-state index in [9.17, 15) is 0 Å². The quantitative estimate of drug-likeness (QED) is 0.550. The second kappa shape index (κ2) is 5.35. The highest BCUT2D eigenvalue weighted by Gasteiger charge is 2.05. The van der Waals surface area contributed by atoms with Crippen LogP contribution in [0, 0.1) is 5.92 Å². The molecule has 0 bridgehead atoms. The molecule has 0 aromatic rings. The van der Waals surface area contributed by atoms with Gasteiger partial charge in [-0.3, -0.25) is 0 Å². The molecule has 0 aromatic carbocycles. The van der Waals surface area contributed by atoms with Crippen LogP contribution < -0.4 is 0 Å². The van der Waals surface area contributed by atoms with E-state index in [2.05, 4.69) is 55.4 Å². The van der Waals surface area contributed by atoms with Crippen molar-refractivity contribution in [3.8, 4) is 0 Å². The number of nitrogens with zero attached hydrogens (tertiary/aromatic N) is 1. The third-order valence-corrected chi connectivity index (χ3v) is 1.91. The van der Waals surface area contributed by atoms with Crippen molar-refractivity contribution in [3.63, 3.8) is 0 Å². The lowest BCUT2D eigenvalue weighted by Crippen LogP contribution is -2.21. The van der Waals surface area contributed by atoms with E-state index in [4.69, 9.17) is 0 Å². The zero-order valence-electron chi connectivity index (χ0n) is 7.39. The third-order valence-electron chi connectivity index (χ3n) is 1.40. The van der Waals surface area contributed by atoms with Crippen LogP contribution >= 0.6 is 22.6 Å². The Kier molecular flexibility index (Phi) is 5.72. The largest absolute Gasteiger partial charge is 0.309 e. The first-order chi connectivity index (χ1) is 4.52. The van der Waals surface area contributed by atoms with Crippen LogP contribution in [0.25, 0.3) is 0 Å². The second-order valence-corrected chi connectivity index (χ2v) is 5.51. The molecule has 62 valence electrons. The van der Waals surface area contributed by atoms with Crippen molar-refractivity contribution >= 4 is 22.6 Å². The van der Waals surface area contributed by atoms with Gasteiger partial charge in [0.15, 0.2) is 0 Å². The normalized spacial score (nSPS) is 17.4. The molecular weight excluding hydrogens is 237 g/mol. The predicted octanol–water partition coefficient (Wildman–Crippen LogP) is 2.40. The molecule has 0 rings (SSSR count). The van der Waals surface area contributed by atoms with E-state index in [0.717, 1.165) is 9.84 Å². The van der Waals surface area contributed by atoms with E-state index < -0.39 is 0 Å². The maximum Gasteiger partial charge on any atom is 0.00843 e. The van der Waals surface area contributed by atoms with Gasteiger partial charge in [-0.1, -0.05) is 36.4 Å². The van der Waals surface area contributed by atoms with E-state index in [1.165, 1.54) is 13.0 Å². The summed E-state index contributed by atoms with van der Waals surface area (Å²) in [6.07, 6.45) is 1.33. The molecule has 10 heavy (non-hydrogen) atoms. The summed E-state index contributed by atoms with van der Waals surface area (Å²) in [4.78, 5) is 2.25. The first-order valence-corrected chi connectivity index (χ1v) is 5.05. The molecule has 0 aromatic heterocycles. The molecule has 0 amide bonds. The summed E-state index contributed by atoms with van der Waals surface area (Å²) in [6, 6.07) is 0. The molecule has 0 aliphatic rings. The van der Waals surface area contributed by atoms with Crippen LogP contribution in [-0.4, -0.2) is 29.5 Å². The molecule has 2 unspecified atom stereocenters. The molecular formula is C8H18IN. The summed E-state index contributed by atoms with van der Waals surface area (Å²) >= 11 is 2.49. The van der Waals surface area contributed by atoms with E-state index in [-0.39, 0.29) is 0 Å². The first-order valence-electron chi connectivity index (χ1n) is 3.81. The summed E-state index contributed by atoms with van der Waals surface area (Å²) in [5.41, 5.74) is 0. The van der Waals surface area contributed by atoms with Gasteiger partial charge in [0.1, 0.15) is 0 Å². The van der Waals surface area contributed by atoms with Crippen LogP contribution in [0.15, 0.2) is 0 Å². The fourth-order valence-electron chi connectivity index (χ4n) is 1.25. The monoisotopic (exact) mass is 255 g/mol. The van der Waals surface area contributed by atoms with Crippen LogP contribution in [0.2, 0.25) is 0 Å². The van der Waals surface area contributed by atoms with Crippen molar-refractivity contribution in [1.82, 2.24) is 4.90 Å². The number of hydrogen-bond donors (Lipinski definition) is 0. The molecule has 0 spiro atoms. The van der Waals surface area contributed by atoms with Gasteiger partial charge in [-0.2, -0.15) is 0 Å². The molecule has 1 nitrogen and oxygen atoms in total. The van der Waals surface area contributed by atoms with Crippen molar-refractivity contribution in [2.75, 3.05) is 20.6 Å². The van der Waals surface area contributed by atoms with Crippen molar-refractivity contribution in [2.24, 2.45) is 5.92 Å². The fourth-order valence-corrected chi connectivity index (χ4v) is 2.12. The smallest absolute Gasteiger partial charge is 0.00843 e. The average molecular weight is 255 g/mol. The third kappa shape index (κ3) is 6.81. The number of rotatable bonds is 4. The first kappa shape index (κ1) is 10.7. The van der Waals surface area contributed by atoms with Crippen LogP contribution in [-0.2, 0) is 0 Å². The summed E-state index contributed by atoms with van der Waals surface area (Å²) in [5.74, 6) is 0.835. The maximum absolute atomic E-state index is 2.49. The van der Waals surface area contributed by atoms with Gasteiger partial charge in [0.05, 0.1) is 0 Å². The predicted molar refractivity (Wildman–Crippen MR) is 55.8 cm³/mol. The van der Waals surface area contributed by atoms with Gasteiger partial charge in [0.25, 0.3) is 0 Å². The number of halogens is 1. The molecule has 0 N–H and O–H groups in total. The van der Waals surface area contributed by atoms with Gasteiger partial charge in [-0.15, -0.1) is 0 Å². The highest BCUT2D eigenvalue weighted by molar-refractivity contribution is 14.1. The van der Waals surface area contributed by atoms with Gasteiger partial charge >= 0.3 is 0 Å². The molecule has 0 heterocycles. The number of alkyl halides is 1. The Bertz CT molecular complexity index is 71.3. The summed E-state index contributed by atoms with van der Waals surface area (Å²) in [5, 5.41) is 0. The lowest BCUT2D eigenvalue weighted by molar-refractivity contribution is 0.329. The molecule has 2 atom stereocenters. The van der Waals surface area contributed by atoms with Crippen molar-refractivity contribution in [1.29, 1.82) is 0 Å². The topological polar surface area (TPSA) is 3.24 Å². The lowest BCUT2D eigenvalue weighted by atomic mass is 10.1. The van der Waals surface area contributed by atoms with E-state index in [1.807, 2.05) is 0 Å². The zero-order valence-corrected chi connectivity index (χ0v) is 9.55. The summed E-state index contributed by atoms with van der Waals surface area (Å²) < 4.78 is 0.813. The standard InChI is InChI=1S/C8H18IN/c1-7(5-8(2)9)6-10(3)4/h7-8H,5-6H2,1-4H3. The van der Waals surface area contributed by atoms with Gasteiger partial charge in [-0.25, -0.2) is 0 Å². The summed E-state index contributed by atoms with van der Waals surface area (Å²) in [6.45, 7) is 5.80. The van der Waals surface area contributed by atoms with Crippen LogP contribution in [0.1, 0.15) is 20.3 Å². The molecule has 0 saturated heterocycles. The van der Waals surface area contributed by atoms with E-state index in [1.54, 1.807) is 0 Å². The van der Waals surface area contributed by atoms with Crippen molar-refractivity contribution < 1.29 is 0 Å². The molecule has 0 fully saturated rings.